The fraction of sp³-hybridized carbons (Fsp3) is 0.533. The fourth-order valence-corrected chi connectivity index (χ4v) is 10.00. The topological polar surface area (TPSA) is 203 Å². The number of methoxy groups -OCH3 is 1. The molecule has 3 aromatic rings. The van der Waals surface area contributed by atoms with Gasteiger partial charge in [0.05, 0.1) is 35.7 Å². The molecule has 1 saturated heterocycles. The Labute approximate surface area is 361 Å². The molecule has 62 heavy (non-hydrogen) atoms. The maximum atomic E-state index is 15.3. The van der Waals surface area contributed by atoms with Gasteiger partial charge in [-0.1, -0.05) is 32.4 Å². The number of fused-ring (bicyclic) bond motifs is 3. The Bertz CT molecular complexity index is 2390. The molecule has 0 bridgehead atoms. The molecule has 0 radical (unpaired) electrons. The van der Waals surface area contributed by atoms with Crippen molar-refractivity contribution in [3.8, 4) is 28.5 Å². The highest BCUT2D eigenvalue weighted by Crippen LogP contribution is 2.48. The lowest BCUT2D eigenvalue weighted by Gasteiger charge is -2.33. The summed E-state index contributed by atoms with van der Waals surface area (Å²) in [4.78, 5) is 61.8. The number of aromatic nitrogens is 1. The van der Waals surface area contributed by atoms with Crippen LogP contribution in [0.3, 0.4) is 0 Å². The number of carbonyl (C=O) groups excluding carboxylic acids is 3. The summed E-state index contributed by atoms with van der Waals surface area (Å²) in [7, 11) is -2.54. The molecule has 2 aliphatic heterocycles. The molecule has 0 unspecified atom stereocenters. The summed E-state index contributed by atoms with van der Waals surface area (Å²) in [6.07, 6.45) is 4.50. The van der Waals surface area contributed by atoms with Crippen molar-refractivity contribution >= 4 is 44.7 Å². The number of rotatable bonds is 11. The molecule has 7 atom stereocenters. The van der Waals surface area contributed by atoms with Gasteiger partial charge in [0.2, 0.25) is 21.8 Å². The number of amides is 4. The maximum absolute atomic E-state index is 15.3. The molecule has 0 spiro atoms. The standard InChI is InChI=1S/C45H56FN5O10S/c1-7-27-18-26(4)10-8-9-11-29-23-45(29,42(54)50-62(57,58)44(5)16-17-44)49-40(52)36-21-31(24-51(36)41(53)39(27)48-43(55)56)61-38-22-34(47-35-20-30(59-6)13-14-32(35)38)28-12-15-37(33(46)19-28)60-25(2)3/h9,11-15,19-20,22,25-27,29,31,36,39,48H,7-8,10,16-18,21,23-24H2,1-6H3,(H,49,52)(H,50,54)(H,55,56)/t26-,27-,29-,31-,36+,39+,45-/m1/s1. The van der Waals surface area contributed by atoms with E-state index in [4.69, 9.17) is 19.2 Å². The van der Waals surface area contributed by atoms with Crippen molar-refractivity contribution < 1.29 is 51.3 Å². The number of hydrogen-bond acceptors (Lipinski definition) is 10. The number of allylic oxidation sites excluding steroid dienone is 1. The van der Waals surface area contributed by atoms with Gasteiger partial charge in [-0.05, 0) is 101 Å². The van der Waals surface area contributed by atoms with Gasteiger partial charge in [0.25, 0.3) is 5.91 Å². The van der Waals surface area contributed by atoms with E-state index in [2.05, 4.69) is 15.4 Å². The van der Waals surface area contributed by atoms with E-state index >= 15 is 4.39 Å². The van der Waals surface area contributed by atoms with E-state index in [-0.39, 0.29) is 37.2 Å². The van der Waals surface area contributed by atoms with Crippen LogP contribution in [0.4, 0.5) is 9.18 Å². The molecule has 4 N–H and O–H groups in total. The number of carboxylic acid groups (broad SMARTS) is 1. The van der Waals surface area contributed by atoms with E-state index in [1.54, 1.807) is 51.1 Å². The second-order valence-electron chi connectivity index (χ2n) is 17.8. The molecule has 2 aromatic carbocycles. The monoisotopic (exact) mass is 877 g/mol. The number of hydrogen-bond donors (Lipinski definition) is 4. The number of carbonyl (C=O) groups is 4. The van der Waals surface area contributed by atoms with Gasteiger partial charge in [0.15, 0.2) is 11.6 Å². The van der Waals surface area contributed by atoms with Crippen LogP contribution in [0.15, 0.2) is 54.6 Å². The van der Waals surface area contributed by atoms with Crippen LogP contribution in [-0.2, 0) is 24.4 Å². The van der Waals surface area contributed by atoms with E-state index in [1.165, 1.54) is 24.1 Å². The van der Waals surface area contributed by atoms with E-state index in [1.807, 2.05) is 26.0 Å². The van der Waals surface area contributed by atoms with Crippen LogP contribution in [-0.4, -0.2) is 95.5 Å². The zero-order valence-corrected chi connectivity index (χ0v) is 36.7. The number of benzene rings is 2. The average molecular weight is 878 g/mol. The summed E-state index contributed by atoms with van der Waals surface area (Å²) in [6.45, 7) is 8.94. The third-order valence-electron chi connectivity index (χ3n) is 12.7. The second kappa shape index (κ2) is 17.4. The predicted molar refractivity (Wildman–Crippen MR) is 229 cm³/mol. The first-order valence-electron chi connectivity index (χ1n) is 21.3. The van der Waals surface area contributed by atoms with Gasteiger partial charge in [0, 0.05) is 35.4 Å². The molecule has 3 fully saturated rings. The molecule has 3 heterocycles. The zero-order valence-electron chi connectivity index (χ0n) is 35.9. The lowest BCUT2D eigenvalue weighted by atomic mass is 9.85. The number of ether oxygens (including phenoxy) is 3. The lowest BCUT2D eigenvalue weighted by Crippen LogP contribution is -2.59. The first kappa shape index (κ1) is 44.6. The first-order chi connectivity index (χ1) is 29.4. The highest BCUT2D eigenvalue weighted by atomic mass is 32.2. The molecule has 2 saturated carbocycles. The molecule has 7 rings (SSSR count). The Kier molecular flexibility index (Phi) is 12.5. The molecule has 17 heteroatoms. The highest BCUT2D eigenvalue weighted by molar-refractivity contribution is 7.91. The van der Waals surface area contributed by atoms with E-state index in [0.29, 0.717) is 72.2 Å². The Morgan fingerprint density at radius 2 is 1.85 bits per heavy atom. The molecule has 4 amide bonds. The van der Waals surface area contributed by atoms with Crippen LogP contribution in [0.2, 0.25) is 0 Å². The Hall–Kier alpha value is -5.45. The molecule has 1 aromatic heterocycles. The SMILES string of the molecule is CC[C@@H]1C[C@H](C)CCC=C[C@@H]2C[C@@]2(C(=O)NS(=O)(=O)C2(C)CC2)NC(=O)[C@@H]2C[C@@H](Oc3cc(-c4ccc(OC(C)C)c(F)c4)nc4cc(OC)ccc34)CN2C(=O)[C@H]1NC(=O)O. The van der Waals surface area contributed by atoms with Crippen LogP contribution < -0.4 is 29.6 Å². The summed E-state index contributed by atoms with van der Waals surface area (Å²) >= 11 is 0. The van der Waals surface area contributed by atoms with E-state index in [0.717, 1.165) is 0 Å². The van der Waals surface area contributed by atoms with Crippen molar-refractivity contribution in [1.29, 1.82) is 0 Å². The molecule has 2 aliphatic carbocycles. The molecule has 15 nitrogen and oxygen atoms in total. The zero-order chi connectivity index (χ0) is 44.7. The van der Waals surface area contributed by atoms with Gasteiger partial charge in [-0.3, -0.25) is 19.1 Å². The summed E-state index contributed by atoms with van der Waals surface area (Å²) in [5.41, 5.74) is -0.351. The average Bonchev–Trinajstić information content (AvgIpc) is 4.10. The second-order valence-corrected chi connectivity index (χ2v) is 20.0. The van der Waals surface area contributed by atoms with Crippen LogP contribution in [0, 0.1) is 23.6 Å². The Morgan fingerprint density at radius 3 is 2.52 bits per heavy atom. The van der Waals surface area contributed by atoms with Crippen LogP contribution >= 0.6 is 0 Å². The van der Waals surface area contributed by atoms with Gasteiger partial charge in [-0.25, -0.2) is 22.6 Å². The summed E-state index contributed by atoms with van der Waals surface area (Å²) in [5, 5.41) is 15.9. The third-order valence-corrected chi connectivity index (χ3v) is 14.9. The molecular formula is C45H56FN5O10S. The van der Waals surface area contributed by atoms with Gasteiger partial charge in [-0.15, -0.1) is 0 Å². The van der Waals surface area contributed by atoms with E-state index in [9.17, 15) is 32.7 Å². The number of nitrogens with zero attached hydrogens (tertiary/aromatic N) is 2. The van der Waals surface area contributed by atoms with Crippen molar-refractivity contribution in [2.24, 2.45) is 17.8 Å². The van der Waals surface area contributed by atoms with Gasteiger partial charge in [0.1, 0.15) is 35.2 Å². The van der Waals surface area contributed by atoms with Gasteiger partial charge >= 0.3 is 6.09 Å². The molecular weight excluding hydrogens is 822 g/mol. The van der Waals surface area contributed by atoms with Crippen LogP contribution in [0.1, 0.15) is 86.0 Å². The van der Waals surface area contributed by atoms with Gasteiger partial charge < -0.3 is 34.9 Å². The van der Waals surface area contributed by atoms with Crippen LogP contribution in [0.25, 0.3) is 22.2 Å². The van der Waals surface area contributed by atoms with E-state index < -0.39 is 80.0 Å². The van der Waals surface area contributed by atoms with Crippen molar-refractivity contribution in [2.75, 3.05) is 13.7 Å². The largest absolute Gasteiger partial charge is 0.497 e. The number of pyridine rings is 1. The summed E-state index contributed by atoms with van der Waals surface area (Å²) < 4.78 is 60.8. The van der Waals surface area contributed by atoms with Gasteiger partial charge in [-0.2, -0.15) is 0 Å². The number of nitrogens with one attached hydrogen (secondary N) is 3. The fourth-order valence-electron chi connectivity index (χ4n) is 8.69. The quantitative estimate of drug-likeness (QED) is 0.162. The minimum Gasteiger partial charge on any atom is -0.497 e. The molecule has 334 valence electrons. The van der Waals surface area contributed by atoms with Crippen LogP contribution in [0.5, 0.6) is 17.2 Å². The third kappa shape index (κ3) is 9.18. The number of sulfonamides is 1. The van der Waals surface area contributed by atoms with Crippen molar-refractivity contribution in [3.63, 3.8) is 0 Å². The molecule has 4 aliphatic rings. The minimum atomic E-state index is -4.05. The highest BCUT2D eigenvalue weighted by Gasteiger charge is 2.63. The first-order valence-corrected chi connectivity index (χ1v) is 22.8. The number of halogens is 1. The van der Waals surface area contributed by atoms with Crippen molar-refractivity contribution in [1.82, 2.24) is 25.2 Å². The maximum Gasteiger partial charge on any atom is 0.405 e. The van der Waals surface area contributed by atoms with Crippen molar-refractivity contribution in [2.45, 2.75) is 121 Å². The summed E-state index contributed by atoms with van der Waals surface area (Å²) in [6, 6.07) is 8.91. The minimum absolute atomic E-state index is 0.0652. The Morgan fingerprint density at radius 1 is 1.10 bits per heavy atom. The Balaban J connectivity index is 1.26. The summed E-state index contributed by atoms with van der Waals surface area (Å²) in [5.74, 6) is -2.68. The normalized spacial score (nSPS) is 27.3. The lowest BCUT2D eigenvalue weighted by molar-refractivity contribution is -0.142. The predicted octanol–water partition coefficient (Wildman–Crippen LogP) is 6.10. The van der Waals surface area contributed by atoms with Crippen molar-refractivity contribution in [3.05, 3.63) is 60.4 Å². The smallest absolute Gasteiger partial charge is 0.405 e.